The first-order chi connectivity index (χ1) is 15.3. The smallest absolute Gasteiger partial charge is 0.283 e. The molecule has 3 aromatic rings. The van der Waals surface area contributed by atoms with Crippen LogP contribution in [-0.4, -0.2) is 47.0 Å². The molecule has 0 bridgehead atoms. The van der Waals surface area contributed by atoms with E-state index in [0.717, 1.165) is 19.5 Å². The van der Waals surface area contributed by atoms with E-state index in [9.17, 15) is 13.6 Å². The Labute approximate surface area is 188 Å². The number of fused-ring (bicyclic) bond motifs is 1. The van der Waals surface area contributed by atoms with Crippen LogP contribution < -0.4 is 15.4 Å². The van der Waals surface area contributed by atoms with Crippen molar-refractivity contribution >= 4 is 45.6 Å². The fourth-order valence-corrected chi connectivity index (χ4v) is 3.63. The molecular weight excluding hydrogens is 440 g/mol. The monoisotopic (exact) mass is 459 g/mol. The van der Waals surface area contributed by atoms with Crippen molar-refractivity contribution in [1.29, 1.82) is 0 Å². The molecule has 0 aliphatic carbocycles. The van der Waals surface area contributed by atoms with Crippen molar-refractivity contribution < 1.29 is 18.3 Å². The van der Waals surface area contributed by atoms with Gasteiger partial charge in [-0.15, -0.1) is 0 Å². The molecule has 1 amide bonds. The summed E-state index contributed by atoms with van der Waals surface area (Å²) in [7, 11) is 1.99. The lowest BCUT2D eigenvalue weighted by molar-refractivity contribution is -0.114. The van der Waals surface area contributed by atoms with Gasteiger partial charge in [0.05, 0.1) is 16.2 Å². The fourth-order valence-electron chi connectivity index (χ4n) is 3.45. The largest absolute Gasteiger partial charge is 0.487 e. The minimum atomic E-state index is -1.12. The lowest BCUT2D eigenvalue weighted by Crippen LogP contribution is -2.22. The minimum Gasteiger partial charge on any atom is -0.487 e. The Morgan fingerprint density at radius 1 is 1.31 bits per heavy atom. The predicted molar refractivity (Wildman–Crippen MR) is 120 cm³/mol. The molecule has 0 spiro atoms. The summed E-state index contributed by atoms with van der Waals surface area (Å²) in [6.07, 6.45) is 2.10. The molecule has 166 valence electrons. The van der Waals surface area contributed by atoms with E-state index >= 15 is 0 Å². The number of nitrogens with zero attached hydrogens (tertiary/aromatic N) is 3. The zero-order valence-corrected chi connectivity index (χ0v) is 17.9. The molecule has 1 fully saturated rings. The Kier molecular flexibility index (Phi) is 6.20. The van der Waals surface area contributed by atoms with Crippen molar-refractivity contribution in [2.45, 2.75) is 12.5 Å². The second-order valence-electron chi connectivity index (χ2n) is 7.49. The van der Waals surface area contributed by atoms with Crippen LogP contribution in [0.1, 0.15) is 6.42 Å². The van der Waals surface area contributed by atoms with Crippen molar-refractivity contribution in [2.75, 3.05) is 30.8 Å². The molecule has 10 heteroatoms. The number of rotatable bonds is 6. The van der Waals surface area contributed by atoms with Gasteiger partial charge in [0.1, 0.15) is 29.8 Å². The molecule has 0 radical (unpaired) electrons. The van der Waals surface area contributed by atoms with E-state index in [2.05, 4.69) is 32.1 Å². The molecule has 32 heavy (non-hydrogen) atoms. The number of benzene rings is 2. The van der Waals surface area contributed by atoms with Gasteiger partial charge in [0.25, 0.3) is 5.91 Å². The van der Waals surface area contributed by atoms with Crippen molar-refractivity contribution in [3.63, 3.8) is 0 Å². The van der Waals surface area contributed by atoms with Gasteiger partial charge in [0.2, 0.25) is 0 Å². The van der Waals surface area contributed by atoms with E-state index in [1.165, 1.54) is 24.5 Å². The topological polar surface area (TPSA) is 79.4 Å². The number of halogens is 3. The van der Waals surface area contributed by atoms with Crippen LogP contribution in [0.5, 0.6) is 5.75 Å². The number of anilines is 3. The molecule has 7 nitrogen and oxygen atoms in total. The van der Waals surface area contributed by atoms with Crippen molar-refractivity contribution in [2.24, 2.45) is 0 Å². The molecule has 1 saturated heterocycles. The zero-order chi connectivity index (χ0) is 22.8. The Morgan fingerprint density at radius 3 is 2.81 bits per heavy atom. The number of nitrogens with one attached hydrogen (secondary N) is 2. The van der Waals surface area contributed by atoms with Crippen molar-refractivity contribution in [1.82, 2.24) is 14.9 Å². The first-order valence-electron chi connectivity index (χ1n) is 9.82. The van der Waals surface area contributed by atoms with E-state index in [-0.39, 0.29) is 16.8 Å². The second kappa shape index (κ2) is 9.05. The average Bonchev–Trinajstić information content (AvgIpc) is 3.16. The number of hydrogen-bond donors (Lipinski definition) is 2. The molecule has 2 aromatic carbocycles. The lowest BCUT2D eigenvalue weighted by atomic mass is 10.1. The van der Waals surface area contributed by atoms with Gasteiger partial charge < -0.3 is 20.3 Å². The van der Waals surface area contributed by atoms with E-state index < -0.39 is 17.6 Å². The SMILES string of the molecule is C=C(F)C(=O)Nc1cc2c(Nc3ccc(F)c(Cl)c3)ncnc2cc1O[C@H]1CCN(C)C1. The fraction of sp³-hybridized carbons (Fsp3) is 0.227. The molecular formula is C22H20ClF2N5O2. The summed E-state index contributed by atoms with van der Waals surface area (Å²) < 4.78 is 33.0. The van der Waals surface area contributed by atoms with E-state index in [4.69, 9.17) is 16.3 Å². The maximum absolute atomic E-state index is 13.5. The normalized spacial score (nSPS) is 16.2. The molecule has 1 atom stereocenters. The van der Waals surface area contributed by atoms with Gasteiger partial charge in [0.15, 0.2) is 5.83 Å². The van der Waals surface area contributed by atoms with Gasteiger partial charge in [-0.2, -0.15) is 0 Å². The van der Waals surface area contributed by atoms with Gasteiger partial charge in [-0.3, -0.25) is 4.79 Å². The quantitative estimate of drug-likeness (QED) is 0.521. The molecule has 2 heterocycles. The number of aromatic nitrogens is 2. The third-order valence-corrected chi connectivity index (χ3v) is 5.34. The number of carbonyl (C=O) groups excluding carboxylic acids is 1. The van der Waals surface area contributed by atoms with Crippen LogP contribution in [0.2, 0.25) is 5.02 Å². The first kappa shape index (κ1) is 21.9. The Balaban J connectivity index is 1.74. The van der Waals surface area contributed by atoms with Crippen LogP contribution in [0.15, 0.2) is 49.1 Å². The van der Waals surface area contributed by atoms with Crippen LogP contribution in [-0.2, 0) is 4.79 Å². The van der Waals surface area contributed by atoms with Gasteiger partial charge in [-0.25, -0.2) is 18.7 Å². The summed E-state index contributed by atoms with van der Waals surface area (Å²) >= 11 is 5.86. The number of hydrogen-bond acceptors (Lipinski definition) is 6. The second-order valence-corrected chi connectivity index (χ2v) is 7.90. The van der Waals surface area contributed by atoms with Gasteiger partial charge in [-0.1, -0.05) is 18.2 Å². The highest BCUT2D eigenvalue weighted by atomic mass is 35.5. The standard InChI is InChI=1S/C22H20ClF2N5O2/c1-12(24)22(31)29-19-8-15-18(9-20(19)32-14-5-6-30(2)10-14)26-11-27-21(15)28-13-3-4-17(25)16(23)7-13/h3-4,7-9,11,14H,1,5-6,10H2,2H3,(H,29,31)(H,26,27,28)/t14-/m0/s1. The predicted octanol–water partition coefficient (Wildman–Crippen LogP) is 4.67. The minimum absolute atomic E-state index is 0.0417. The third kappa shape index (κ3) is 4.79. The number of ether oxygens (including phenoxy) is 1. The van der Waals surface area contributed by atoms with Crippen LogP contribution in [0.4, 0.5) is 26.0 Å². The summed E-state index contributed by atoms with van der Waals surface area (Å²) in [5.74, 6) is -1.89. The van der Waals surface area contributed by atoms with E-state index in [1.54, 1.807) is 12.1 Å². The highest BCUT2D eigenvalue weighted by Gasteiger charge is 2.23. The Morgan fingerprint density at radius 2 is 2.12 bits per heavy atom. The zero-order valence-electron chi connectivity index (χ0n) is 17.2. The number of likely N-dealkylation sites (tertiary alicyclic amines) is 1. The van der Waals surface area contributed by atoms with Gasteiger partial charge >= 0.3 is 0 Å². The number of likely N-dealkylation sites (N-methyl/N-ethyl adjacent to an activating group) is 1. The van der Waals surface area contributed by atoms with Gasteiger partial charge in [0, 0.05) is 30.2 Å². The van der Waals surface area contributed by atoms with Crippen molar-refractivity contribution in [3.05, 3.63) is 59.9 Å². The molecule has 0 saturated carbocycles. The van der Waals surface area contributed by atoms with E-state index in [1.807, 2.05) is 7.05 Å². The maximum atomic E-state index is 13.5. The lowest BCUT2D eigenvalue weighted by Gasteiger charge is -2.18. The molecule has 1 aliphatic heterocycles. The number of amides is 1. The van der Waals surface area contributed by atoms with Gasteiger partial charge in [-0.05, 0) is 37.7 Å². The summed E-state index contributed by atoms with van der Waals surface area (Å²) in [6, 6.07) is 7.43. The molecule has 1 aromatic heterocycles. The van der Waals surface area contributed by atoms with Crippen LogP contribution in [0.3, 0.4) is 0 Å². The molecule has 4 rings (SSSR count). The Bertz CT molecular complexity index is 1210. The summed E-state index contributed by atoms with van der Waals surface area (Å²) in [4.78, 5) is 22.6. The molecule has 2 N–H and O–H groups in total. The number of carbonyl (C=O) groups is 1. The summed E-state index contributed by atoms with van der Waals surface area (Å²) in [6.45, 7) is 4.65. The molecule has 1 aliphatic rings. The highest BCUT2D eigenvalue weighted by molar-refractivity contribution is 6.31. The average molecular weight is 460 g/mol. The summed E-state index contributed by atoms with van der Waals surface area (Å²) in [5, 5.41) is 6.04. The Hall–Kier alpha value is -3.30. The summed E-state index contributed by atoms with van der Waals surface area (Å²) in [5.41, 5.74) is 1.30. The molecule has 0 unspecified atom stereocenters. The van der Waals surface area contributed by atoms with Crippen molar-refractivity contribution in [3.8, 4) is 5.75 Å². The van der Waals surface area contributed by atoms with Crippen LogP contribution in [0.25, 0.3) is 10.9 Å². The first-order valence-corrected chi connectivity index (χ1v) is 10.2. The van der Waals surface area contributed by atoms with E-state index in [0.29, 0.717) is 28.2 Å². The highest BCUT2D eigenvalue weighted by Crippen LogP contribution is 2.35. The van der Waals surface area contributed by atoms with Crippen LogP contribution in [0, 0.1) is 5.82 Å². The third-order valence-electron chi connectivity index (χ3n) is 5.06. The van der Waals surface area contributed by atoms with Crippen LogP contribution >= 0.6 is 11.6 Å². The maximum Gasteiger partial charge on any atom is 0.283 e.